The number of rotatable bonds is 9. The zero-order chi connectivity index (χ0) is 27.3. The number of nitrogens with zero attached hydrogens (tertiary/aromatic N) is 1. The van der Waals surface area contributed by atoms with Gasteiger partial charge in [-0.2, -0.15) is 0 Å². The van der Waals surface area contributed by atoms with Gasteiger partial charge in [0.1, 0.15) is 23.0 Å². The molecule has 11 heteroatoms. The normalized spacial score (nSPS) is 12.8. The molecule has 3 aromatic carbocycles. The second-order valence-corrected chi connectivity index (χ2v) is 10.6. The first-order valence-electron chi connectivity index (χ1n) is 11.9. The van der Waals surface area contributed by atoms with Crippen molar-refractivity contribution < 1.29 is 32.2 Å². The second-order valence-electron chi connectivity index (χ2n) is 8.36. The molecule has 1 amide bonds. The Balaban J connectivity index is 1.54. The van der Waals surface area contributed by atoms with Gasteiger partial charge >= 0.3 is 5.97 Å². The van der Waals surface area contributed by atoms with E-state index in [9.17, 15) is 18.0 Å². The van der Waals surface area contributed by atoms with Gasteiger partial charge in [-0.25, -0.2) is 8.42 Å². The summed E-state index contributed by atoms with van der Waals surface area (Å²) in [4.78, 5) is 24.5. The minimum absolute atomic E-state index is 0.0450. The average molecular weight is 559 g/mol. The van der Waals surface area contributed by atoms with Crippen LogP contribution in [-0.4, -0.2) is 47.2 Å². The van der Waals surface area contributed by atoms with Gasteiger partial charge in [0, 0.05) is 22.7 Å². The third kappa shape index (κ3) is 6.03. The molecule has 0 radical (unpaired) electrons. The monoisotopic (exact) mass is 558 g/mol. The smallest absolute Gasteiger partial charge is 0.306 e. The molecular weight excluding hydrogens is 532 g/mol. The third-order valence-electron chi connectivity index (χ3n) is 5.87. The second kappa shape index (κ2) is 11.7. The summed E-state index contributed by atoms with van der Waals surface area (Å²) in [6, 6.07) is 16.1. The van der Waals surface area contributed by atoms with Crippen LogP contribution in [0.1, 0.15) is 29.3 Å². The minimum atomic E-state index is -4.08. The lowest BCUT2D eigenvalue weighted by Gasteiger charge is -2.31. The van der Waals surface area contributed by atoms with Gasteiger partial charge in [-0.3, -0.25) is 13.9 Å². The number of anilines is 2. The van der Waals surface area contributed by atoms with Crippen LogP contribution in [0.5, 0.6) is 11.5 Å². The maximum atomic E-state index is 13.6. The highest BCUT2D eigenvalue weighted by molar-refractivity contribution is 7.93. The van der Waals surface area contributed by atoms with E-state index in [0.29, 0.717) is 24.5 Å². The van der Waals surface area contributed by atoms with E-state index < -0.39 is 15.9 Å². The fourth-order valence-electron chi connectivity index (χ4n) is 3.99. The number of esters is 1. The Morgan fingerprint density at radius 1 is 1.08 bits per heavy atom. The highest BCUT2D eigenvalue weighted by Crippen LogP contribution is 2.38. The number of hydrogen-bond acceptors (Lipinski definition) is 7. The summed E-state index contributed by atoms with van der Waals surface area (Å²) in [5.74, 6) is -0.188. The third-order valence-corrected chi connectivity index (χ3v) is 7.94. The van der Waals surface area contributed by atoms with Crippen LogP contribution in [0.25, 0.3) is 0 Å². The Kier molecular flexibility index (Phi) is 8.43. The number of hydrogen-bond donors (Lipinski definition) is 1. The van der Waals surface area contributed by atoms with Gasteiger partial charge in [-0.1, -0.05) is 23.7 Å². The summed E-state index contributed by atoms with van der Waals surface area (Å²) in [5.41, 5.74) is 1.97. The van der Waals surface area contributed by atoms with Crippen molar-refractivity contribution in [3.63, 3.8) is 0 Å². The highest BCUT2D eigenvalue weighted by Gasteiger charge is 2.33. The number of aryl methyl sites for hydroxylation is 1. The predicted octanol–water partition coefficient (Wildman–Crippen LogP) is 4.68. The van der Waals surface area contributed by atoms with Crippen molar-refractivity contribution in [2.75, 3.05) is 36.5 Å². The zero-order valence-electron chi connectivity index (χ0n) is 20.9. The largest absolute Gasteiger partial charge is 0.495 e. The number of halogens is 1. The Morgan fingerprint density at radius 2 is 1.84 bits per heavy atom. The minimum Gasteiger partial charge on any atom is -0.495 e. The molecule has 38 heavy (non-hydrogen) atoms. The van der Waals surface area contributed by atoms with Gasteiger partial charge in [-0.15, -0.1) is 0 Å². The van der Waals surface area contributed by atoms with Crippen molar-refractivity contribution in [2.24, 2.45) is 0 Å². The van der Waals surface area contributed by atoms with Gasteiger partial charge < -0.3 is 19.5 Å². The molecule has 1 heterocycles. The number of amides is 1. The van der Waals surface area contributed by atoms with E-state index in [-0.39, 0.29) is 52.5 Å². The lowest BCUT2D eigenvalue weighted by atomic mass is 10.1. The molecule has 9 nitrogen and oxygen atoms in total. The van der Waals surface area contributed by atoms with E-state index in [1.165, 1.54) is 29.6 Å². The number of sulfonamides is 1. The number of carbonyl (C=O) groups is 2. The topological polar surface area (TPSA) is 111 Å². The van der Waals surface area contributed by atoms with Gasteiger partial charge in [0.25, 0.3) is 15.9 Å². The van der Waals surface area contributed by atoms with Crippen LogP contribution in [0.2, 0.25) is 5.02 Å². The van der Waals surface area contributed by atoms with Crippen molar-refractivity contribution in [3.05, 3.63) is 76.8 Å². The fraction of sp³-hybridized carbons (Fsp3) is 0.259. The SMILES string of the molecule is CCOC(=O)CCc1ccc(NC(=O)c2ccc3c(c2)N(S(=O)(=O)c2cc(Cl)ccc2OC)CCO3)cc1. The summed E-state index contributed by atoms with van der Waals surface area (Å²) >= 11 is 6.08. The van der Waals surface area contributed by atoms with Crippen molar-refractivity contribution in [3.8, 4) is 11.5 Å². The first-order chi connectivity index (χ1) is 18.2. The zero-order valence-corrected chi connectivity index (χ0v) is 22.5. The summed E-state index contributed by atoms with van der Waals surface area (Å²) in [5, 5.41) is 3.06. The van der Waals surface area contributed by atoms with Crippen molar-refractivity contribution in [1.29, 1.82) is 0 Å². The first kappa shape index (κ1) is 27.3. The molecule has 1 N–H and O–H groups in total. The van der Waals surface area contributed by atoms with Gasteiger partial charge in [-0.05, 0) is 67.4 Å². The van der Waals surface area contributed by atoms with Crippen molar-refractivity contribution >= 4 is 44.9 Å². The number of ether oxygens (including phenoxy) is 3. The molecule has 0 spiro atoms. The van der Waals surface area contributed by atoms with Gasteiger partial charge in [0.05, 0.1) is 25.9 Å². The molecule has 0 unspecified atom stereocenters. The van der Waals surface area contributed by atoms with Gasteiger partial charge in [0.2, 0.25) is 0 Å². The molecule has 0 atom stereocenters. The average Bonchev–Trinajstić information content (AvgIpc) is 2.92. The van der Waals surface area contributed by atoms with Gasteiger partial charge in [0.15, 0.2) is 0 Å². The number of carbonyl (C=O) groups excluding carboxylic acids is 2. The molecule has 1 aliphatic heterocycles. The summed E-state index contributed by atoms with van der Waals surface area (Å²) < 4.78 is 44.3. The maximum Gasteiger partial charge on any atom is 0.306 e. The van der Waals surface area contributed by atoms with Crippen molar-refractivity contribution in [1.82, 2.24) is 0 Å². The molecule has 200 valence electrons. The summed E-state index contributed by atoms with van der Waals surface area (Å²) in [7, 11) is -2.70. The Hall–Kier alpha value is -3.76. The Labute approximate surface area is 226 Å². The molecule has 3 aromatic rings. The number of benzene rings is 3. The molecule has 0 fully saturated rings. The predicted molar refractivity (Wildman–Crippen MR) is 144 cm³/mol. The highest BCUT2D eigenvalue weighted by atomic mass is 35.5. The Bertz CT molecular complexity index is 1440. The molecule has 0 aromatic heterocycles. The molecule has 1 aliphatic rings. The van der Waals surface area contributed by atoms with E-state index in [0.717, 1.165) is 5.56 Å². The van der Waals surface area contributed by atoms with Crippen molar-refractivity contribution in [2.45, 2.75) is 24.7 Å². The summed E-state index contributed by atoms with van der Waals surface area (Å²) in [6.45, 7) is 2.29. The van der Waals surface area contributed by atoms with Crippen LogP contribution < -0.4 is 19.1 Å². The van der Waals surface area contributed by atoms with Crippen LogP contribution in [0.3, 0.4) is 0 Å². The van der Waals surface area contributed by atoms with Crippen LogP contribution in [0.15, 0.2) is 65.6 Å². The lowest BCUT2D eigenvalue weighted by molar-refractivity contribution is -0.143. The first-order valence-corrected chi connectivity index (χ1v) is 13.7. The number of nitrogens with one attached hydrogen (secondary N) is 1. The molecule has 0 saturated heterocycles. The van der Waals surface area contributed by atoms with Crippen LogP contribution in [-0.2, 0) is 26.0 Å². The summed E-state index contributed by atoms with van der Waals surface area (Å²) in [6.07, 6.45) is 0.802. The number of methoxy groups -OCH3 is 1. The molecule has 0 aliphatic carbocycles. The van der Waals surface area contributed by atoms with E-state index in [1.807, 2.05) is 12.1 Å². The Morgan fingerprint density at radius 3 is 2.55 bits per heavy atom. The quantitative estimate of drug-likeness (QED) is 0.379. The van der Waals surface area contributed by atoms with E-state index in [1.54, 1.807) is 37.3 Å². The standard InChI is InChI=1S/C27H27ClN2O7S/c1-3-36-26(31)13-6-18-4-9-21(10-5-18)29-27(32)19-7-11-23-22(16-19)30(14-15-37-23)38(33,34)25-17-20(28)8-12-24(25)35-2/h4-5,7-12,16-17H,3,6,13-15H2,1-2H3,(H,29,32). The van der Waals surface area contributed by atoms with E-state index >= 15 is 0 Å². The maximum absolute atomic E-state index is 13.6. The molecule has 0 bridgehead atoms. The van der Waals surface area contributed by atoms with E-state index in [2.05, 4.69) is 5.32 Å². The van der Waals surface area contributed by atoms with Crippen LogP contribution >= 0.6 is 11.6 Å². The van der Waals surface area contributed by atoms with Crippen LogP contribution in [0.4, 0.5) is 11.4 Å². The molecule has 4 rings (SSSR count). The lowest BCUT2D eigenvalue weighted by Crippen LogP contribution is -2.38. The number of fused-ring (bicyclic) bond motifs is 1. The molecular formula is C27H27ClN2O7S. The molecule has 0 saturated carbocycles. The fourth-order valence-corrected chi connectivity index (χ4v) is 5.86. The van der Waals surface area contributed by atoms with Crippen LogP contribution in [0, 0.1) is 0 Å². The van der Waals surface area contributed by atoms with E-state index in [4.69, 9.17) is 25.8 Å².